The van der Waals surface area contributed by atoms with Crippen molar-refractivity contribution in [3.8, 4) is 5.75 Å². The molecule has 0 spiro atoms. The molecule has 0 aliphatic rings. The summed E-state index contributed by atoms with van der Waals surface area (Å²) >= 11 is 0. The van der Waals surface area contributed by atoms with Gasteiger partial charge >= 0.3 is 17.9 Å². The van der Waals surface area contributed by atoms with Gasteiger partial charge in [0.2, 0.25) is 6.10 Å². The van der Waals surface area contributed by atoms with Crippen LogP contribution >= 0.6 is 0 Å². The summed E-state index contributed by atoms with van der Waals surface area (Å²) in [5.41, 5.74) is 1.11. The number of hydrogen-bond acceptors (Lipinski definition) is 6. The number of benzene rings is 1. The minimum Gasteiger partial charge on any atom is -0.508 e. The van der Waals surface area contributed by atoms with Crippen molar-refractivity contribution in [3.63, 3.8) is 0 Å². The standard InChI is InChI=1S/C14H14O8/c1-7-6-8(2-4-9(7)15)3-5-10(16)22-12(14(20)21)11(17)13(18)19/h2-6,11-12,15,17H,1H3,(H,18,19)(H,20,21). The largest absolute Gasteiger partial charge is 0.508 e. The van der Waals surface area contributed by atoms with Crippen molar-refractivity contribution in [2.45, 2.75) is 19.1 Å². The topological polar surface area (TPSA) is 141 Å². The van der Waals surface area contributed by atoms with E-state index in [1.807, 2.05) is 0 Å². The summed E-state index contributed by atoms with van der Waals surface area (Å²) in [5, 5.41) is 35.8. The number of aliphatic carboxylic acids is 2. The van der Waals surface area contributed by atoms with E-state index in [9.17, 15) is 19.5 Å². The van der Waals surface area contributed by atoms with Gasteiger partial charge in [-0.15, -0.1) is 0 Å². The molecular formula is C14H14O8. The molecule has 0 saturated carbocycles. The zero-order chi connectivity index (χ0) is 16.9. The first-order chi connectivity index (χ1) is 10.2. The Labute approximate surface area is 124 Å². The van der Waals surface area contributed by atoms with Crippen LogP contribution in [0.15, 0.2) is 24.3 Å². The van der Waals surface area contributed by atoms with Crippen molar-refractivity contribution in [1.82, 2.24) is 0 Å². The average molecular weight is 310 g/mol. The molecule has 0 radical (unpaired) electrons. The average Bonchev–Trinajstić information content (AvgIpc) is 2.44. The number of carbonyl (C=O) groups excluding carboxylic acids is 1. The monoisotopic (exact) mass is 310 g/mol. The highest BCUT2D eigenvalue weighted by Crippen LogP contribution is 2.17. The van der Waals surface area contributed by atoms with Crippen molar-refractivity contribution in [2.24, 2.45) is 0 Å². The Hall–Kier alpha value is -2.87. The number of phenols is 1. The smallest absolute Gasteiger partial charge is 0.348 e. The van der Waals surface area contributed by atoms with Crippen molar-refractivity contribution in [1.29, 1.82) is 0 Å². The molecule has 8 heteroatoms. The van der Waals surface area contributed by atoms with Crippen LogP contribution in [0.1, 0.15) is 11.1 Å². The Balaban J connectivity index is 2.78. The summed E-state index contributed by atoms with van der Waals surface area (Å²) in [5.74, 6) is -4.65. The molecule has 8 nitrogen and oxygen atoms in total. The minimum absolute atomic E-state index is 0.0789. The quantitative estimate of drug-likeness (QED) is 0.430. The van der Waals surface area contributed by atoms with Crippen LogP contribution in [0.5, 0.6) is 5.75 Å². The van der Waals surface area contributed by atoms with Gasteiger partial charge in [0, 0.05) is 6.08 Å². The summed E-state index contributed by atoms with van der Waals surface area (Å²) in [6.45, 7) is 1.65. The molecule has 0 saturated heterocycles. The Bertz CT molecular complexity index is 619. The number of esters is 1. The van der Waals surface area contributed by atoms with Crippen molar-refractivity contribution >= 4 is 24.0 Å². The molecule has 0 aliphatic heterocycles. The fourth-order valence-electron chi connectivity index (χ4n) is 1.49. The SMILES string of the molecule is Cc1cc(C=CC(=O)OC(C(=O)O)C(O)C(=O)O)ccc1O. The third kappa shape index (κ3) is 4.60. The lowest BCUT2D eigenvalue weighted by Gasteiger charge is -2.15. The number of aliphatic hydroxyl groups excluding tert-OH is 1. The Morgan fingerprint density at radius 3 is 2.32 bits per heavy atom. The fourth-order valence-corrected chi connectivity index (χ4v) is 1.49. The maximum absolute atomic E-state index is 11.5. The number of carboxylic acid groups (broad SMARTS) is 2. The molecule has 2 unspecified atom stereocenters. The first-order valence-corrected chi connectivity index (χ1v) is 6.04. The molecule has 0 fully saturated rings. The van der Waals surface area contributed by atoms with Gasteiger partial charge in [-0.3, -0.25) is 0 Å². The van der Waals surface area contributed by atoms with Gasteiger partial charge in [0.05, 0.1) is 0 Å². The number of rotatable bonds is 6. The maximum Gasteiger partial charge on any atom is 0.348 e. The molecule has 1 aromatic rings. The summed E-state index contributed by atoms with van der Waals surface area (Å²) in [6.07, 6.45) is -2.40. The maximum atomic E-state index is 11.5. The molecule has 118 valence electrons. The first kappa shape index (κ1) is 17.2. The van der Waals surface area contributed by atoms with E-state index in [2.05, 4.69) is 4.74 Å². The number of ether oxygens (including phenoxy) is 1. The van der Waals surface area contributed by atoms with E-state index < -0.39 is 30.1 Å². The molecule has 0 aliphatic carbocycles. The number of carboxylic acids is 2. The molecular weight excluding hydrogens is 296 g/mol. The van der Waals surface area contributed by atoms with E-state index >= 15 is 0 Å². The van der Waals surface area contributed by atoms with E-state index in [0.29, 0.717) is 11.1 Å². The predicted octanol–water partition coefficient (Wildman–Crippen LogP) is 0.156. The minimum atomic E-state index is -2.37. The summed E-state index contributed by atoms with van der Waals surface area (Å²) in [7, 11) is 0. The molecule has 0 bridgehead atoms. The zero-order valence-electron chi connectivity index (χ0n) is 11.5. The summed E-state index contributed by atoms with van der Waals surface area (Å²) in [6, 6.07) is 4.49. The fraction of sp³-hybridized carbons (Fsp3) is 0.214. The van der Waals surface area contributed by atoms with Gasteiger partial charge in [-0.2, -0.15) is 0 Å². The molecule has 1 rings (SSSR count). The molecule has 2 atom stereocenters. The number of phenolic OH excluding ortho intramolecular Hbond substituents is 1. The van der Waals surface area contributed by atoms with Gasteiger partial charge in [-0.25, -0.2) is 14.4 Å². The van der Waals surface area contributed by atoms with Crippen LogP contribution in [0.3, 0.4) is 0 Å². The van der Waals surface area contributed by atoms with Crippen molar-refractivity contribution in [3.05, 3.63) is 35.4 Å². The van der Waals surface area contributed by atoms with Crippen molar-refractivity contribution in [2.75, 3.05) is 0 Å². The highest BCUT2D eigenvalue weighted by molar-refractivity contribution is 5.91. The normalized spacial score (nSPS) is 13.5. The van der Waals surface area contributed by atoms with E-state index in [0.717, 1.165) is 6.08 Å². The second-order valence-electron chi connectivity index (χ2n) is 4.36. The Morgan fingerprint density at radius 1 is 1.18 bits per heavy atom. The van der Waals surface area contributed by atoms with Crippen LogP contribution in [0.25, 0.3) is 6.08 Å². The van der Waals surface area contributed by atoms with E-state index in [1.54, 1.807) is 13.0 Å². The summed E-state index contributed by atoms with van der Waals surface area (Å²) in [4.78, 5) is 32.8. The van der Waals surface area contributed by atoms with Crippen LogP contribution < -0.4 is 0 Å². The second kappa shape index (κ2) is 7.23. The zero-order valence-corrected chi connectivity index (χ0v) is 11.5. The Morgan fingerprint density at radius 2 is 1.82 bits per heavy atom. The van der Waals surface area contributed by atoms with Gasteiger partial charge in [0.1, 0.15) is 5.75 Å². The molecule has 0 amide bonds. The molecule has 0 aromatic heterocycles. The molecule has 22 heavy (non-hydrogen) atoms. The van der Waals surface area contributed by atoms with Crippen LogP contribution in [-0.4, -0.2) is 50.5 Å². The number of aliphatic hydroxyl groups is 1. The van der Waals surface area contributed by atoms with Crippen LogP contribution in [0, 0.1) is 6.92 Å². The number of aryl methyl sites for hydroxylation is 1. The van der Waals surface area contributed by atoms with Crippen LogP contribution in [0.2, 0.25) is 0 Å². The van der Waals surface area contributed by atoms with Gasteiger partial charge in [0.25, 0.3) is 0 Å². The van der Waals surface area contributed by atoms with Gasteiger partial charge in [-0.1, -0.05) is 6.07 Å². The number of aromatic hydroxyl groups is 1. The highest BCUT2D eigenvalue weighted by atomic mass is 16.6. The van der Waals surface area contributed by atoms with E-state index in [-0.39, 0.29) is 5.75 Å². The number of carbonyl (C=O) groups is 3. The van der Waals surface area contributed by atoms with Gasteiger partial charge in [0.15, 0.2) is 6.10 Å². The third-order valence-electron chi connectivity index (χ3n) is 2.66. The molecule has 4 N–H and O–H groups in total. The lowest BCUT2D eigenvalue weighted by molar-refractivity contribution is -0.176. The van der Waals surface area contributed by atoms with Gasteiger partial charge < -0.3 is 25.2 Å². The van der Waals surface area contributed by atoms with Crippen molar-refractivity contribution < 1.29 is 39.5 Å². The van der Waals surface area contributed by atoms with E-state index in [1.165, 1.54) is 18.2 Å². The van der Waals surface area contributed by atoms with Crippen LogP contribution in [-0.2, 0) is 19.1 Å². The van der Waals surface area contributed by atoms with Crippen LogP contribution in [0.4, 0.5) is 0 Å². The molecule has 0 heterocycles. The molecule has 1 aromatic carbocycles. The highest BCUT2D eigenvalue weighted by Gasteiger charge is 2.35. The second-order valence-corrected chi connectivity index (χ2v) is 4.36. The predicted molar refractivity (Wildman–Crippen MR) is 73.0 cm³/mol. The Kier molecular flexibility index (Phi) is 5.65. The van der Waals surface area contributed by atoms with Gasteiger partial charge in [-0.05, 0) is 36.3 Å². The summed E-state index contributed by atoms with van der Waals surface area (Å²) < 4.78 is 4.41. The lowest BCUT2D eigenvalue weighted by atomic mass is 10.1. The first-order valence-electron chi connectivity index (χ1n) is 6.04. The third-order valence-corrected chi connectivity index (χ3v) is 2.66. The van der Waals surface area contributed by atoms with E-state index in [4.69, 9.17) is 15.3 Å². The lowest BCUT2D eigenvalue weighted by Crippen LogP contribution is -2.42. The number of hydrogen-bond donors (Lipinski definition) is 4.